The number of fused-ring (bicyclic) bond motifs is 1. The molecule has 0 spiro atoms. The summed E-state index contributed by atoms with van der Waals surface area (Å²) in [5, 5.41) is 17.8. The van der Waals surface area contributed by atoms with E-state index in [1.807, 2.05) is 56.5 Å². The van der Waals surface area contributed by atoms with Gasteiger partial charge in [0.05, 0.1) is 6.04 Å². The minimum absolute atomic E-state index is 0. The van der Waals surface area contributed by atoms with E-state index < -0.39 is 11.7 Å². The number of ether oxygens (including phenoxy) is 1. The number of pyridine rings is 1. The third kappa shape index (κ3) is 8.33. The number of nitrogens with one attached hydrogen (secondary N) is 3. The highest BCUT2D eigenvalue weighted by Gasteiger charge is 2.21. The second kappa shape index (κ2) is 11.9. The zero-order valence-corrected chi connectivity index (χ0v) is 20.9. The lowest BCUT2D eigenvalue weighted by Crippen LogP contribution is -2.50. The van der Waals surface area contributed by atoms with Gasteiger partial charge in [0.25, 0.3) is 0 Å². The second-order valence-electron chi connectivity index (χ2n) is 8.12. The molecule has 2 aromatic heterocycles. The predicted octanol–water partition coefficient (Wildman–Crippen LogP) is 2.95. The molecule has 2 rings (SSSR count). The van der Waals surface area contributed by atoms with E-state index in [2.05, 4.69) is 45.0 Å². The summed E-state index contributed by atoms with van der Waals surface area (Å²) in [7, 11) is 0. The molecule has 1 amide bonds. The van der Waals surface area contributed by atoms with Crippen LogP contribution >= 0.6 is 24.0 Å². The van der Waals surface area contributed by atoms with Gasteiger partial charge in [-0.2, -0.15) is 0 Å². The molecule has 0 fully saturated rings. The number of nitrogens with zero attached hydrogens (tertiary/aromatic N) is 4. The van der Waals surface area contributed by atoms with E-state index in [0.29, 0.717) is 19.0 Å². The summed E-state index contributed by atoms with van der Waals surface area (Å²) in [6, 6.07) is 5.65. The Morgan fingerprint density at radius 1 is 1.23 bits per heavy atom. The van der Waals surface area contributed by atoms with Crippen LogP contribution in [0.25, 0.3) is 5.65 Å². The summed E-state index contributed by atoms with van der Waals surface area (Å²) in [5.74, 6) is 1.63. The first kappa shape index (κ1) is 25.9. The van der Waals surface area contributed by atoms with Crippen LogP contribution in [0.4, 0.5) is 4.79 Å². The van der Waals surface area contributed by atoms with Crippen LogP contribution in [0.1, 0.15) is 47.4 Å². The smallest absolute Gasteiger partial charge is 0.407 e. The monoisotopic (exact) mass is 531 g/mol. The van der Waals surface area contributed by atoms with E-state index >= 15 is 0 Å². The van der Waals surface area contributed by atoms with Crippen LogP contribution in [-0.4, -0.2) is 51.4 Å². The van der Waals surface area contributed by atoms with Crippen molar-refractivity contribution in [2.24, 2.45) is 10.9 Å². The molecular formula is C20H34IN7O2. The Kier molecular flexibility index (Phi) is 10.3. The number of amides is 1. The van der Waals surface area contributed by atoms with E-state index in [-0.39, 0.29) is 35.9 Å². The Balaban J connectivity index is 0.00000450. The molecule has 0 aliphatic rings. The summed E-state index contributed by atoms with van der Waals surface area (Å²) in [6.45, 7) is 13.3. The molecule has 0 aromatic carbocycles. The standard InChI is InChI=1S/C20H33N7O2.HI/c1-7-21-18(23-13-17-26-25-16-10-8-9-11-27(16)17)22-12-15(14(2)3)24-19(28)29-20(4,5)6;/h8-11,14-15H,7,12-13H2,1-6H3,(H,24,28)(H2,21,22,23);1H. The minimum atomic E-state index is -0.531. The summed E-state index contributed by atoms with van der Waals surface area (Å²) >= 11 is 0. The number of aromatic nitrogens is 3. The number of carbonyl (C=O) groups excluding carboxylic acids is 1. The van der Waals surface area contributed by atoms with Gasteiger partial charge in [-0.05, 0) is 45.7 Å². The first-order valence-electron chi connectivity index (χ1n) is 10.00. The largest absolute Gasteiger partial charge is 0.444 e. The quantitative estimate of drug-likeness (QED) is 0.288. The molecule has 0 saturated carbocycles. The highest BCUT2D eigenvalue weighted by atomic mass is 127. The fourth-order valence-corrected chi connectivity index (χ4v) is 2.61. The first-order valence-corrected chi connectivity index (χ1v) is 10.00. The average Bonchev–Trinajstić information content (AvgIpc) is 3.04. The molecular weight excluding hydrogens is 497 g/mol. The lowest BCUT2D eigenvalue weighted by atomic mass is 10.0. The number of rotatable bonds is 7. The molecule has 1 unspecified atom stereocenters. The fraction of sp³-hybridized carbons (Fsp3) is 0.600. The van der Waals surface area contributed by atoms with Crippen LogP contribution in [0.15, 0.2) is 29.4 Å². The van der Waals surface area contributed by atoms with E-state index in [4.69, 9.17) is 4.74 Å². The van der Waals surface area contributed by atoms with E-state index in [0.717, 1.165) is 18.0 Å². The van der Waals surface area contributed by atoms with Gasteiger partial charge in [-0.15, -0.1) is 34.2 Å². The van der Waals surface area contributed by atoms with Crippen LogP contribution < -0.4 is 16.0 Å². The van der Waals surface area contributed by atoms with Crippen molar-refractivity contribution in [1.82, 2.24) is 30.5 Å². The van der Waals surface area contributed by atoms with Gasteiger partial charge < -0.3 is 20.7 Å². The van der Waals surface area contributed by atoms with Gasteiger partial charge >= 0.3 is 6.09 Å². The molecule has 0 aliphatic heterocycles. The molecule has 0 aliphatic carbocycles. The predicted molar refractivity (Wildman–Crippen MR) is 129 cm³/mol. The number of halogens is 1. The highest BCUT2D eigenvalue weighted by Crippen LogP contribution is 2.08. The fourth-order valence-electron chi connectivity index (χ4n) is 2.61. The van der Waals surface area contributed by atoms with Crippen molar-refractivity contribution in [2.45, 2.75) is 59.7 Å². The number of hydrogen-bond donors (Lipinski definition) is 3. The normalized spacial score (nSPS) is 13.0. The topological polar surface area (TPSA) is 105 Å². The maximum absolute atomic E-state index is 12.1. The van der Waals surface area contributed by atoms with Crippen molar-refractivity contribution >= 4 is 41.7 Å². The van der Waals surface area contributed by atoms with Gasteiger partial charge in [-0.25, -0.2) is 9.79 Å². The molecule has 1 atom stereocenters. The molecule has 9 nitrogen and oxygen atoms in total. The van der Waals surface area contributed by atoms with Crippen molar-refractivity contribution in [2.75, 3.05) is 13.1 Å². The first-order chi connectivity index (χ1) is 13.7. The maximum atomic E-state index is 12.1. The number of carbonyl (C=O) groups is 1. The molecule has 0 bridgehead atoms. The van der Waals surface area contributed by atoms with E-state index in [9.17, 15) is 4.79 Å². The van der Waals surface area contributed by atoms with Crippen LogP contribution in [0.3, 0.4) is 0 Å². The minimum Gasteiger partial charge on any atom is -0.444 e. The van der Waals surface area contributed by atoms with Gasteiger partial charge in [0.1, 0.15) is 12.1 Å². The van der Waals surface area contributed by atoms with Crippen LogP contribution in [-0.2, 0) is 11.3 Å². The lowest BCUT2D eigenvalue weighted by molar-refractivity contribution is 0.0491. The number of alkyl carbamates (subject to hydrolysis) is 1. The Morgan fingerprint density at radius 2 is 1.97 bits per heavy atom. The summed E-state index contributed by atoms with van der Waals surface area (Å²) in [4.78, 5) is 16.7. The van der Waals surface area contributed by atoms with Gasteiger partial charge in [-0.3, -0.25) is 4.40 Å². The molecule has 10 heteroatoms. The zero-order chi connectivity index (χ0) is 21.4. The molecule has 3 N–H and O–H groups in total. The Morgan fingerprint density at radius 3 is 2.60 bits per heavy atom. The number of aliphatic imine (C=N–C) groups is 1. The second-order valence-corrected chi connectivity index (χ2v) is 8.12. The van der Waals surface area contributed by atoms with Gasteiger partial charge in [0, 0.05) is 19.3 Å². The third-order valence-electron chi connectivity index (χ3n) is 4.10. The van der Waals surface area contributed by atoms with Gasteiger partial charge in [-0.1, -0.05) is 19.9 Å². The molecule has 30 heavy (non-hydrogen) atoms. The molecule has 2 aromatic rings. The van der Waals surface area contributed by atoms with E-state index in [1.165, 1.54) is 0 Å². The van der Waals surface area contributed by atoms with Crippen LogP contribution in [0, 0.1) is 5.92 Å². The lowest BCUT2D eigenvalue weighted by Gasteiger charge is -2.26. The summed E-state index contributed by atoms with van der Waals surface area (Å²) < 4.78 is 7.28. The zero-order valence-electron chi connectivity index (χ0n) is 18.6. The van der Waals surface area contributed by atoms with Gasteiger partial charge in [0.15, 0.2) is 17.4 Å². The summed E-state index contributed by atoms with van der Waals surface area (Å²) in [6.07, 6.45) is 1.50. The Bertz CT molecular complexity index is 830. The van der Waals surface area contributed by atoms with Gasteiger partial charge in [0.2, 0.25) is 0 Å². The van der Waals surface area contributed by atoms with E-state index in [1.54, 1.807) is 0 Å². The number of guanidine groups is 1. The summed E-state index contributed by atoms with van der Waals surface area (Å²) in [5.41, 5.74) is 0.258. The van der Waals surface area contributed by atoms with Crippen molar-refractivity contribution in [3.05, 3.63) is 30.2 Å². The molecule has 0 saturated heterocycles. The Hall–Kier alpha value is -2.11. The van der Waals surface area contributed by atoms with Crippen LogP contribution in [0.5, 0.6) is 0 Å². The SMILES string of the molecule is CCNC(=NCc1nnc2ccccn12)NCC(NC(=O)OC(C)(C)C)C(C)C.I. The van der Waals surface area contributed by atoms with Crippen LogP contribution in [0.2, 0.25) is 0 Å². The molecule has 2 heterocycles. The third-order valence-corrected chi connectivity index (χ3v) is 4.10. The Labute approximate surface area is 195 Å². The highest BCUT2D eigenvalue weighted by molar-refractivity contribution is 14.0. The maximum Gasteiger partial charge on any atom is 0.407 e. The number of hydrogen-bond acceptors (Lipinski definition) is 5. The molecule has 168 valence electrons. The average molecular weight is 531 g/mol. The van der Waals surface area contributed by atoms with Crippen molar-refractivity contribution in [3.63, 3.8) is 0 Å². The van der Waals surface area contributed by atoms with Crippen molar-refractivity contribution in [3.8, 4) is 0 Å². The van der Waals surface area contributed by atoms with Crippen molar-refractivity contribution < 1.29 is 9.53 Å². The molecule has 0 radical (unpaired) electrons. The van der Waals surface area contributed by atoms with Crippen molar-refractivity contribution in [1.29, 1.82) is 0 Å².